The molecule has 0 saturated carbocycles. The van der Waals surface area contributed by atoms with Gasteiger partial charge in [-0.15, -0.1) is 0 Å². The number of nitrogens with one attached hydrogen (secondary N) is 1. The van der Waals surface area contributed by atoms with Crippen LogP contribution in [0.4, 0.5) is 5.69 Å². The van der Waals surface area contributed by atoms with Crippen molar-refractivity contribution in [2.24, 2.45) is 0 Å². The first kappa shape index (κ1) is 13.8. The lowest BCUT2D eigenvalue weighted by atomic mass is 10.1. The van der Waals surface area contributed by atoms with Gasteiger partial charge in [0.1, 0.15) is 0 Å². The molecule has 0 spiro atoms. The molecule has 2 aromatic rings. The fourth-order valence-corrected chi connectivity index (χ4v) is 2.66. The predicted octanol–water partition coefficient (Wildman–Crippen LogP) is 2.93. The number of benzene rings is 1. The van der Waals surface area contributed by atoms with E-state index in [1.807, 2.05) is 18.2 Å². The normalized spacial score (nSPS) is 15.0. The third-order valence-corrected chi connectivity index (χ3v) is 3.80. The van der Waals surface area contributed by atoms with E-state index in [-0.39, 0.29) is 5.91 Å². The van der Waals surface area contributed by atoms with E-state index in [0.29, 0.717) is 5.56 Å². The number of para-hydroxylation sites is 1. The molecule has 0 radical (unpaired) electrons. The molecule has 1 aliphatic heterocycles. The molecule has 0 aliphatic carbocycles. The summed E-state index contributed by atoms with van der Waals surface area (Å²) in [6.45, 7) is 3.19. The number of hydrogen-bond acceptors (Lipinski definition) is 3. The quantitative estimate of drug-likeness (QED) is 0.937. The molecule has 1 amide bonds. The lowest BCUT2D eigenvalue weighted by Crippen LogP contribution is -2.20. The molecular formula is C17H19N3O. The minimum Gasteiger partial charge on any atom is -0.322 e. The summed E-state index contributed by atoms with van der Waals surface area (Å²) >= 11 is 0. The molecule has 1 fully saturated rings. The number of pyridine rings is 1. The fraction of sp³-hybridized carbons (Fsp3) is 0.294. The van der Waals surface area contributed by atoms with Crippen molar-refractivity contribution in [1.82, 2.24) is 9.88 Å². The third kappa shape index (κ3) is 3.47. The largest absolute Gasteiger partial charge is 0.322 e. The highest BCUT2D eigenvalue weighted by Gasteiger charge is 2.14. The first-order valence-corrected chi connectivity index (χ1v) is 7.34. The summed E-state index contributed by atoms with van der Waals surface area (Å²) in [4.78, 5) is 18.6. The number of hydrogen-bond donors (Lipinski definition) is 1. The molecule has 0 unspecified atom stereocenters. The van der Waals surface area contributed by atoms with Crippen molar-refractivity contribution in [2.45, 2.75) is 19.4 Å². The Morgan fingerprint density at radius 2 is 1.81 bits per heavy atom. The van der Waals surface area contributed by atoms with E-state index in [1.165, 1.54) is 18.4 Å². The summed E-state index contributed by atoms with van der Waals surface area (Å²) in [7, 11) is 0. The van der Waals surface area contributed by atoms with Crippen molar-refractivity contribution in [2.75, 3.05) is 18.4 Å². The standard InChI is InChI=1S/C17H19N3O/c21-17(14-7-9-18-10-8-14)19-16-6-2-1-5-15(16)13-20-11-3-4-12-20/h1-2,5-10H,3-4,11-13H2,(H,19,21). The number of rotatable bonds is 4. The van der Waals surface area contributed by atoms with Crippen molar-refractivity contribution < 1.29 is 4.79 Å². The van der Waals surface area contributed by atoms with E-state index in [2.05, 4.69) is 21.3 Å². The second-order valence-electron chi connectivity index (χ2n) is 5.33. The van der Waals surface area contributed by atoms with Crippen molar-refractivity contribution >= 4 is 11.6 Å². The Balaban J connectivity index is 1.74. The number of likely N-dealkylation sites (tertiary alicyclic amines) is 1. The van der Waals surface area contributed by atoms with Crippen LogP contribution in [0.5, 0.6) is 0 Å². The van der Waals surface area contributed by atoms with Gasteiger partial charge in [0.2, 0.25) is 0 Å². The topological polar surface area (TPSA) is 45.2 Å². The first-order chi connectivity index (χ1) is 10.3. The molecule has 1 aliphatic rings. The highest BCUT2D eigenvalue weighted by molar-refractivity contribution is 6.04. The van der Waals surface area contributed by atoms with Crippen LogP contribution in [0, 0.1) is 0 Å². The van der Waals surface area contributed by atoms with Gasteiger partial charge in [-0.05, 0) is 49.7 Å². The maximum atomic E-state index is 12.3. The Morgan fingerprint density at radius 3 is 2.57 bits per heavy atom. The van der Waals surface area contributed by atoms with Crippen LogP contribution in [0.3, 0.4) is 0 Å². The van der Waals surface area contributed by atoms with Crippen LogP contribution in [-0.4, -0.2) is 28.9 Å². The van der Waals surface area contributed by atoms with Gasteiger partial charge < -0.3 is 5.32 Å². The molecule has 3 rings (SSSR count). The second-order valence-corrected chi connectivity index (χ2v) is 5.33. The smallest absolute Gasteiger partial charge is 0.255 e. The minimum atomic E-state index is -0.0914. The third-order valence-electron chi connectivity index (χ3n) is 3.80. The van der Waals surface area contributed by atoms with Gasteiger partial charge in [0.05, 0.1) is 0 Å². The van der Waals surface area contributed by atoms with Crippen molar-refractivity contribution in [3.63, 3.8) is 0 Å². The van der Waals surface area contributed by atoms with Crippen molar-refractivity contribution in [3.05, 3.63) is 59.9 Å². The zero-order chi connectivity index (χ0) is 14.5. The van der Waals surface area contributed by atoms with Crippen LogP contribution in [-0.2, 0) is 6.54 Å². The van der Waals surface area contributed by atoms with Crippen LogP contribution in [0.2, 0.25) is 0 Å². The van der Waals surface area contributed by atoms with Gasteiger partial charge in [0, 0.05) is 30.2 Å². The summed E-state index contributed by atoms with van der Waals surface area (Å²) < 4.78 is 0. The number of amides is 1. The summed E-state index contributed by atoms with van der Waals surface area (Å²) in [5.41, 5.74) is 2.69. The monoisotopic (exact) mass is 281 g/mol. The number of carbonyl (C=O) groups is 1. The van der Waals surface area contributed by atoms with Gasteiger partial charge in [-0.2, -0.15) is 0 Å². The van der Waals surface area contributed by atoms with E-state index >= 15 is 0 Å². The Morgan fingerprint density at radius 1 is 1.10 bits per heavy atom. The van der Waals surface area contributed by atoms with Gasteiger partial charge in [-0.1, -0.05) is 18.2 Å². The molecule has 1 saturated heterocycles. The molecule has 21 heavy (non-hydrogen) atoms. The van der Waals surface area contributed by atoms with Crippen LogP contribution < -0.4 is 5.32 Å². The Labute approximate surface area is 124 Å². The van der Waals surface area contributed by atoms with Gasteiger partial charge in [0.15, 0.2) is 0 Å². The van der Waals surface area contributed by atoms with Gasteiger partial charge in [0.25, 0.3) is 5.91 Å². The molecule has 1 aromatic carbocycles. The molecule has 2 heterocycles. The maximum Gasteiger partial charge on any atom is 0.255 e. The van der Waals surface area contributed by atoms with Crippen LogP contribution >= 0.6 is 0 Å². The lowest BCUT2D eigenvalue weighted by molar-refractivity contribution is 0.102. The molecule has 1 N–H and O–H groups in total. The second kappa shape index (κ2) is 6.50. The van der Waals surface area contributed by atoms with E-state index in [1.54, 1.807) is 24.5 Å². The highest BCUT2D eigenvalue weighted by Crippen LogP contribution is 2.20. The molecule has 0 bridgehead atoms. The zero-order valence-corrected chi connectivity index (χ0v) is 12.0. The molecule has 108 valence electrons. The van der Waals surface area contributed by atoms with E-state index in [4.69, 9.17) is 0 Å². The number of aromatic nitrogens is 1. The number of carbonyl (C=O) groups excluding carboxylic acids is 1. The zero-order valence-electron chi connectivity index (χ0n) is 12.0. The number of anilines is 1. The fourth-order valence-electron chi connectivity index (χ4n) is 2.66. The SMILES string of the molecule is O=C(Nc1ccccc1CN1CCCC1)c1ccncc1. The summed E-state index contributed by atoms with van der Waals surface area (Å²) in [5.74, 6) is -0.0914. The van der Waals surface area contributed by atoms with Crippen molar-refractivity contribution in [3.8, 4) is 0 Å². The predicted molar refractivity (Wildman–Crippen MR) is 83.1 cm³/mol. The molecule has 0 atom stereocenters. The van der Waals surface area contributed by atoms with Crippen LogP contribution in [0.15, 0.2) is 48.8 Å². The van der Waals surface area contributed by atoms with E-state index < -0.39 is 0 Å². The lowest BCUT2D eigenvalue weighted by Gasteiger charge is -2.17. The number of nitrogens with zero attached hydrogens (tertiary/aromatic N) is 2. The minimum absolute atomic E-state index is 0.0914. The Kier molecular flexibility index (Phi) is 4.26. The summed E-state index contributed by atoms with van der Waals surface area (Å²) in [6, 6.07) is 11.5. The molecular weight excluding hydrogens is 262 g/mol. The van der Waals surface area contributed by atoms with E-state index in [9.17, 15) is 4.79 Å². The molecule has 4 nitrogen and oxygen atoms in total. The van der Waals surface area contributed by atoms with Gasteiger partial charge >= 0.3 is 0 Å². The highest BCUT2D eigenvalue weighted by atomic mass is 16.1. The Bertz CT molecular complexity index is 606. The Hall–Kier alpha value is -2.20. The average molecular weight is 281 g/mol. The van der Waals surface area contributed by atoms with E-state index in [0.717, 1.165) is 25.3 Å². The summed E-state index contributed by atoms with van der Waals surface area (Å²) in [5, 5.41) is 3.01. The molecule has 1 aromatic heterocycles. The van der Waals surface area contributed by atoms with Crippen LogP contribution in [0.1, 0.15) is 28.8 Å². The summed E-state index contributed by atoms with van der Waals surface area (Å²) in [6.07, 6.45) is 5.80. The maximum absolute atomic E-state index is 12.3. The first-order valence-electron chi connectivity index (χ1n) is 7.34. The van der Waals surface area contributed by atoms with Gasteiger partial charge in [-0.3, -0.25) is 14.7 Å². The van der Waals surface area contributed by atoms with Crippen molar-refractivity contribution in [1.29, 1.82) is 0 Å². The van der Waals surface area contributed by atoms with Gasteiger partial charge in [-0.25, -0.2) is 0 Å². The average Bonchev–Trinajstić information content (AvgIpc) is 3.03. The molecule has 4 heteroatoms. The van der Waals surface area contributed by atoms with Crippen LogP contribution in [0.25, 0.3) is 0 Å².